The van der Waals surface area contributed by atoms with Gasteiger partial charge in [0.25, 0.3) is 0 Å². The van der Waals surface area contributed by atoms with Gasteiger partial charge in [0.15, 0.2) is 6.29 Å². The summed E-state index contributed by atoms with van der Waals surface area (Å²) in [6.45, 7) is -0.549. The number of carbonyl (C=O) groups excluding carboxylic acids is 1. The Kier molecular flexibility index (Phi) is 5.53. The molecule has 5 N–H and O–H groups in total. The number of hydrogen-bond donors (Lipinski definition) is 5. The van der Waals surface area contributed by atoms with E-state index in [1.165, 1.54) is 0 Å². The van der Waals surface area contributed by atoms with Crippen LogP contribution in [0.25, 0.3) is 0 Å². The van der Waals surface area contributed by atoms with Crippen LogP contribution in [0.4, 0.5) is 0 Å². The molecule has 7 heteroatoms. The fraction of sp³-hybridized carbons (Fsp3) is 0.727. The Morgan fingerprint density at radius 3 is 2.56 bits per heavy atom. The lowest BCUT2D eigenvalue weighted by Gasteiger charge is -2.40. The maximum Gasteiger partial charge on any atom is 0.221 e. The molecule has 1 heterocycles. The van der Waals surface area contributed by atoms with Crippen LogP contribution in [-0.4, -0.2) is 63.6 Å². The van der Waals surface area contributed by atoms with Crippen LogP contribution in [0, 0.1) is 12.3 Å². The topological polar surface area (TPSA) is 119 Å². The van der Waals surface area contributed by atoms with Gasteiger partial charge in [-0.2, -0.15) is 0 Å². The van der Waals surface area contributed by atoms with E-state index in [0.717, 1.165) is 0 Å². The highest BCUT2D eigenvalue weighted by Crippen LogP contribution is 2.19. The van der Waals surface area contributed by atoms with Gasteiger partial charge in [-0.3, -0.25) is 4.79 Å². The molecule has 102 valence electrons. The Morgan fingerprint density at radius 2 is 2.00 bits per heavy atom. The fourth-order valence-electron chi connectivity index (χ4n) is 1.70. The Morgan fingerprint density at radius 1 is 1.33 bits per heavy atom. The second-order valence-corrected chi connectivity index (χ2v) is 4.03. The number of hydrogen-bond acceptors (Lipinski definition) is 6. The highest BCUT2D eigenvalue weighted by molar-refractivity contribution is 5.76. The van der Waals surface area contributed by atoms with E-state index in [4.69, 9.17) is 16.3 Å². The molecule has 7 nitrogen and oxygen atoms in total. The van der Waals surface area contributed by atoms with Crippen LogP contribution in [0.2, 0.25) is 0 Å². The van der Waals surface area contributed by atoms with Crippen LogP contribution in [0.5, 0.6) is 0 Å². The summed E-state index contributed by atoms with van der Waals surface area (Å²) in [5, 5.41) is 40.1. The van der Waals surface area contributed by atoms with Crippen LogP contribution in [-0.2, 0) is 9.53 Å². The number of ether oxygens (including phenoxy) is 1. The number of amides is 1. The predicted molar refractivity (Wildman–Crippen MR) is 60.0 cm³/mol. The van der Waals surface area contributed by atoms with E-state index < -0.39 is 43.2 Å². The van der Waals surface area contributed by atoms with Crippen molar-refractivity contribution in [2.45, 2.75) is 43.5 Å². The van der Waals surface area contributed by atoms with Gasteiger partial charge in [0.2, 0.25) is 5.91 Å². The molecule has 1 fully saturated rings. The molecule has 1 aliphatic rings. The molecule has 1 aliphatic heterocycles. The Bertz CT molecular complexity index is 328. The second-order valence-electron chi connectivity index (χ2n) is 4.03. The minimum absolute atomic E-state index is 0.0476. The minimum Gasteiger partial charge on any atom is -0.394 e. The maximum atomic E-state index is 11.4. The SMILES string of the molecule is C#CCCC(=O)N[C@H]1[C@@H](O)[C@H](O)[C@@H](CO)O[C@H]1O. The van der Waals surface area contributed by atoms with Crippen molar-refractivity contribution in [3.05, 3.63) is 0 Å². The van der Waals surface area contributed by atoms with E-state index in [0.29, 0.717) is 0 Å². The Balaban J connectivity index is 2.60. The van der Waals surface area contributed by atoms with Gasteiger partial charge in [0.05, 0.1) is 6.61 Å². The van der Waals surface area contributed by atoms with Crippen molar-refractivity contribution in [3.8, 4) is 12.3 Å². The van der Waals surface area contributed by atoms with E-state index in [9.17, 15) is 20.1 Å². The number of nitrogens with one attached hydrogen (secondary N) is 1. The third-order valence-electron chi connectivity index (χ3n) is 2.72. The third-order valence-corrected chi connectivity index (χ3v) is 2.72. The van der Waals surface area contributed by atoms with E-state index >= 15 is 0 Å². The lowest BCUT2D eigenvalue weighted by atomic mass is 9.97. The van der Waals surface area contributed by atoms with Gasteiger partial charge < -0.3 is 30.5 Å². The molecule has 18 heavy (non-hydrogen) atoms. The summed E-state index contributed by atoms with van der Waals surface area (Å²) >= 11 is 0. The lowest BCUT2D eigenvalue weighted by Crippen LogP contribution is -2.64. The van der Waals surface area contributed by atoms with E-state index in [1.54, 1.807) is 0 Å². The largest absolute Gasteiger partial charge is 0.394 e. The van der Waals surface area contributed by atoms with Crippen molar-refractivity contribution in [3.63, 3.8) is 0 Å². The summed E-state index contributed by atoms with van der Waals surface area (Å²) in [4.78, 5) is 11.4. The molecule has 1 amide bonds. The normalized spacial score (nSPS) is 35.8. The molecule has 0 radical (unpaired) electrons. The first kappa shape index (κ1) is 14.9. The average molecular weight is 259 g/mol. The highest BCUT2D eigenvalue weighted by atomic mass is 16.6. The average Bonchev–Trinajstić information content (AvgIpc) is 2.36. The molecule has 0 aromatic carbocycles. The summed E-state index contributed by atoms with van der Waals surface area (Å²) in [5.74, 6) is 1.82. The Hall–Kier alpha value is -1.17. The van der Waals surface area contributed by atoms with Gasteiger partial charge in [-0.25, -0.2) is 0 Å². The molecule has 5 atom stereocenters. The molecule has 0 bridgehead atoms. The molecule has 0 aliphatic carbocycles. The zero-order chi connectivity index (χ0) is 13.7. The number of aliphatic hydroxyl groups excluding tert-OH is 4. The van der Waals surface area contributed by atoms with Gasteiger partial charge in [0, 0.05) is 12.8 Å². The molecule has 0 spiro atoms. The fourth-order valence-corrected chi connectivity index (χ4v) is 1.70. The van der Waals surface area contributed by atoms with E-state index in [-0.39, 0.29) is 12.8 Å². The quantitative estimate of drug-likeness (QED) is 0.351. The van der Waals surface area contributed by atoms with Gasteiger partial charge in [-0.15, -0.1) is 12.3 Å². The van der Waals surface area contributed by atoms with Crippen molar-refractivity contribution in [1.82, 2.24) is 5.32 Å². The Labute approximate surface area is 104 Å². The number of carbonyl (C=O) groups is 1. The maximum absolute atomic E-state index is 11.4. The lowest BCUT2D eigenvalue weighted by molar-refractivity contribution is -0.253. The van der Waals surface area contributed by atoms with Crippen molar-refractivity contribution >= 4 is 5.91 Å². The monoisotopic (exact) mass is 259 g/mol. The zero-order valence-corrected chi connectivity index (χ0v) is 9.69. The summed E-state index contributed by atoms with van der Waals surface area (Å²) in [6, 6.07) is -1.16. The van der Waals surface area contributed by atoms with Gasteiger partial charge in [-0.1, -0.05) is 0 Å². The second kappa shape index (κ2) is 6.68. The van der Waals surface area contributed by atoms with Crippen molar-refractivity contribution < 1.29 is 30.0 Å². The first-order valence-electron chi connectivity index (χ1n) is 5.54. The smallest absolute Gasteiger partial charge is 0.221 e. The molecule has 0 unspecified atom stereocenters. The van der Waals surface area contributed by atoms with Crippen LogP contribution >= 0.6 is 0 Å². The van der Waals surface area contributed by atoms with Crippen molar-refractivity contribution in [1.29, 1.82) is 0 Å². The standard InChI is InChI=1S/C11H17NO6/c1-2-3-4-7(14)12-8-10(16)9(15)6(5-13)18-11(8)17/h1,6,8-11,13,15-17H,3-5H2,(H,12,14)/t6-,8+,9-,10-,11-/m1/s1. The van der Waals surface area contributed by atoms with Gasteiger partial charge in [-0.05, 0) is 0 Å². The molecular weight excluding hydrogens is 242 g/mol. The molecule has 0 saturated carbocycles. The summed E-state index contributed by atoms with van der Waals surface area (Å²) in [7, 11) is 0. The molecular formula is C11H17NO6. The molecule has 0 aromatic heterocycles. The summed E-state index contributed by atoms with van der Waals surface area (Å²) in [5.41, 5.74) is 0. The number of terminal acetylenes is 1. The number of rotatable bonds is 4. The van der Waals surface area contributed by atoms with Crippen molar-refractivity contribution in [2.24, 2.45) is 0 Å². The van der Waals surface area contributed by atoms with Crippen molar-refractivity contribution in [2.75, 3.05) is 6.61 Å². The van der Waals surface area contributed by atoms with Gasteiger partial charge in [0.1, 0.15) is 24.4 Å². The van der Waals surface area contributed by atoms with Crippen LogP contribution in [0.3, 0.4) is 0 Å². The molecule has 1 saturated heterocycles. The van der Waals surface area contributed by atoms with Crippen LogP contribution in [0.1, 0.15) is 12.8 Å². The number of aliphatic hydroxyl groups is 4. The molecule has 0 aromatic rings. The molecule has 1 rings (SSSR count). The summed E-state index contributed by atoms with van der Waals surface area (Å²) < 4.78 is 4.88. The van der Waals surface area contributed by atoms with E-state index in [1.807, 2.05) is 0 Å². The first-order valence-corrected chi connectivity index (χ1v) is 5.54. The third kappa shape index (κ3) is 3.41. The van der Waals surface area contributed by atoms with E-state index in [2.05, 4.69) is 11.2 Å². The van der Waals surface area contributed by atoms with Crippen LogP contribution in [0.15, 0.2) is 0 Å². The van der Waals surface area contributed by atoms with Crippen LogP contribution < -0.4 is 5.32 Å². The van der Waals surface area contributed by atoms with Gasteiger partial charge >= 0.3 is 0 Å². The predicted octanol–water partition coefficient (Wildman–Crippen LogP) is -2.68. The highest BCUT2D eigenvalue weighted by Gasteiger charge is 2.44. The summed E-state index contributed by atoms with van der Waals surface area (Å²) in [6.07, 6.45) is -0.137. The minimum atomic E-state index is -1.50. The first-order chi connectivity index (χ1) is 8.51. The zero-order valence-electron chi connectivity index (χ0n) is 9.69.